The smallest absolute Gasteiger partial charge is 0.229 e. The number of anilines is 1. The van der Waals surface area contributed by atoms with Gasteiger partial charge in [0.05, 0.1) is 10.8 Å². The van der Waals surface area contributed by atoms with Crippen LogP contribution in [-0.2, 0) is 19.4 Å². The molecule has 0 spiro atoms. The average Bonchev–Trinajstić information content (AvgIpc) is 2.40. The van der Waals surface area contributed by atoms with E-state index in [0.717, 1.165) is 11.8 Å². The lowest BCUT2D eigenvalue weighted by Crippen LogP contribution is -2.40. The number of hydrogen-bond acceptors (Lipinski definition) is 4. The highest BCUT2D eigenvalue weighted by atomic mass is 32.2. The first kappa shape index (κ1) is 15.5. The molecule has 1 saturated heterocycles. The van der Waals surface area contributed by atoms with Crippen molar-refractivity contribution in [1.29, 1.82) is 0 Å². The zero-order chi connectivity index (χ0) is 15.6. The molecule has 0 radical (unpaired) electrons. The first-order chi connectivity index (χ1) is 9.77. The van der Waals surface area contributed by atoms with Crippen LogP contribution >= 0.6 is 0 Å². The van der Waals surface area contributed by atoms with Gasteiger partial charge >= 0.3 is 0 Å². The fourth-order valence-corrected chi connectivity index (χ4v) is 2.80. The zero-order valence-electron chi connectivity index (χ0n) is 12.0. The highest BCUT2D eigenvalue weighted by molar-refractivity contribution is 7.90. The van der Waals surface area contributed by atoms with Crippen LogP contribution in [-0.4, -0.2) is 33.0 Å². The van der Waals surface area contributed by atoms with E-state index in [1.807, 2.05) is 0 Å². The van der Waals surface area contributed by atoms with Crippen LogP contribution in [0, 0.1) is 12.8 Å². The van der Waals surface area contributed by atoms with Gasteiger partial charge in [-0.25, -0.2) is 8.42 Å². The van der Waals surface area contributed by atoms with Crippen LogP contribution in [0.25, 0.3) is 0 Å². The van der Waals surface area contributed by atoms with Crippen LogP contribution in [0.15, 0.2) is 23.1 Å². The Morgan fingerprint density at radius 2 is 2.10 bits per heavy atom. The van der Waals surface area contributed by atoms with E-state index < -0.39 is 9.84 Å². The number of amides is 2. The molecule has 1 aliphatic rings. The van der Waals surface area contributed by atoms with Gasteiger partial charge in [-0.15, -0.1) is 0 Å². The van der Waals surface area contributed by atoms with Crippen molar-refractivity contribution >= 4 is 27.3 Å². The number of sulfone groups is 1. The molecular weight excluding hydrogens is 292 g/mol. The summed E-state index contributed by atoms with van der Waals surface area (Å²) in [6.07, 6.45) is 1.96. The lowest BCUT2D eigenvalue weighted by Gasteiger charge is -2.22. The maximum absolute atomic E-state index is 12.2. The van der Waals surface area contributed by atoms with Crippen molar-refractivity contribution in [2.24, 2.45) is 5.92 Å². The molecule has 21 heavy (non-hydrogen) atoms. The fourth-order valence-electron chi connectivity index (χ4n) is 2.16. The number of benzene rings is 1. The normalized spacial score (nSPS) is 19.0. The third-order valence-electron chi connectivity index (χ3n) is 3.53. The van der Waals surface area contributed by atoms with Gasteiger partial charge in [-0.2, -0.15) is 0 Å². The Morgan fingerprint density at radius 3 is 2.67 bits per heavy atom. The van der Waals surface area contributed by atoms with Crippen LogP contribution in [0.3, 0.4) is 0 Å². The second kappa shape index (κ2) is 5.85. The van der Waals surface area contributed by atoms with Crippen molar-refractivity contribution in [2.45, 2.75) is 24.7 Å². The molecule has 1 heterocycles. The topological polar surface area (TPSA) is 92.3 Å². The summed E-state index contributed by atoms with van der Waals surface area (Å²) >= 11 is 0. The second-order valence-electron chi connectivity index (χ2n) is 5.28. The van der Waals surface area contributed by atoms with E-state index in [0.29, 0.717) is 25.1 Å². The molecule has 1 aromatic rings. The van der Waals surface area contributed by atoms with Crippen molar-refractivity contribution in [3.63, 3.8) is 0 Å². The van der Waals surface area contributed by atoms with E-state index in [-0.39, 0.29) is 22.6 Å². The quantitative estimate of drug-likeness (QED) is 0.866. The van der Waals surface area contributed by atoms with Crippen LogP contribution in [0.2, 0.25) is 0 Å². The molecular formula is C14H18N2O4S. The number of carbonyl (C=O) groups excluding carboxylic acids is 2. The van der Waals surface area contributed by atoms with Gasteiger partial charge in [0.15, 0.2) is 9.84 Å². The van der Waals surface area contributed by atoms with Gasteiger partial charge < -0.3 is 10.6 Å². The molecule has 2 amide bonds. The summed E-state index contributed by atoms with van der Waals surface area (Å²) in [6, 6.07) is 4.64. The predicted octanol–water partition coefficient (Wildman–Crippen LogP) is 0.863. The fraction of sp³-hybridized carbons (Fsp3) is 0.429. The van der Waals surface area contributed by atoms with E-state index in [1.165, 1.54) is 12.1 Å². The molecule has 1 atom stereocenters. The van der Waals surface area contributed by atoms with Crippen molar-refractivity contribution in [3.8, 4) is 0 Å². The van der Waals surface area contributed by atoms with E-state index in [4.69, 9.17) is 0 Å². The number of piperidine rings is 1. The third-order valence-corrected chi connectivity index (χ3v) is 4.64. The first-order valence-corrected chi connectivity index (χ1v) is 8.55. The van der Waals surface area contributed by atoms with Crippen molar-refractivity contribution in [3.05, 3.63) is 23.8 Å². The molecule has 0 aromatic heterocycles. The number of carbonyl (C=O) groups is 2. The molecule has 0 aliphatic carbocycles. The lowest BCUT2D eigenvalue weighted by atomic mass is 9.98. The van der Waals surface area contributed by atoms with E-state index in [9.17, 15) is 18.0 Å². The molecule has 0 saturated carbocycles. The summed E-state index contributed by atoms with van der Waals surface area (Å²) in [5.74, 6) is -0.540. The van der Waals surface area contributed by atoms with Crippen LogP contribution < -0.4 is 10.6 Å². The summed E-state index contributed by atoms with van der Waals surface area (Å²) in [7, 11) is -3.32. The van der Waals surface area contributed by atoms with Gasteiger partial charge in [0.25, 0.3) is 0 Å². The molecule has 114 valence electrons. The van der Waals surface area contributed by atoms with E-state index >= 15 is 0 Å². The average molecular weight is 310 g/mol. The Morgan fingerprint density at radius 1 is 1.38 bits per heavy atom. The van der Waals surface area contributed by atoms with Crippen LogP contribution in [0.1, 0.15) is 18.4 Å². The molecule has 1 aliphatic heterocycles. The largest absolute Gasteiger partial charge is 0.355 e. The molecule has 6 nitrogen and oxygen atoms in total. The minimum atomic E-state index is -3.32. The summed E-state index contributed by atoms with van der Waals surface area (Å²) in [5.41, 5.74) is 1.27. The molecule has 7 heteroatoms. The second-order valence-corrected chi connectivity index (χ2v) is 7.29. The van der Waals surface area contributed by atoms with Gasteiger partial charge in [-0.3, -0.25) is 9.59 Å². The van der Waals surface area contributed by atoms with Gasteiger partial charge in [0.2, 0.25) is 11.8 Å². The Kier molecular flexibility index (Phi) is 4.32. The summed E-state index contributed by atoms with van der Waals surface area (Å²) in [4.78, 5) is 23.4. The van der Waals surface area contributed by atoms with Gasteiger partial charge in [-0.1, -0.05) is 6.07 Å². The molecule has 1 fully saturated rings. The highest BCUT2D eigenvalue weighted by Gasteiger charge is 2.25. The van der Waals surface area contributed by atoms with Gasteiger partial charge in [0, 0.05) is 24.9 Å². The monoisotopic (exact) mass is 310 g/mol. The highest BCUT2D eigenvalue weighted by Crippen LogP contribution is 2.22. The molecule has 1 unspecified atom stereocenters. The minimum Gasteiger partial charge on any atom is -0.355 e. The Labute approximate surface area is 123 Å². The SMILES string of the molecule is Cc1ccc(S(C)(=O)=O)cc1NC(=O)C1CCC(=O)NC1. The number of nitrogens with one attached hydrogen (secondary N) is 2. The molecule has 2 N–H and O–H groups in total. The zero-order valence-corrected chi connectivity index (χ0v) is 12.8. The molecule has 1 aromatic carbocycles. The maximum atomic E-state index is 12.2. The molecule has 2 rings (SSSR count). The van der Waals surface area contributed by atoms with E-state index in [1.54, 1.807) is 13.0 Å². The van der Waals surface area contributed by atoms with Crippen LogP contribution in [0.5, 0.6) is 0 Å². The number of rotatable bonds is 3. The third kappa shape index (κ3) is 3.81. The first-order valence-electron chi connectivity index (χ1n) is 6.65. The Bertz CT molecular complexity index is 672. The summed E-state index contributed by atoms with van der Waals surface area (Å²) in [6.45, 7) is 2.11. The van der Waals surface area contributed by atoms with Gasteiger partial charge in [0.1, 0.15) is 0 Å². The molecule has 0 bridgehead atoms. The Hall–Kier alpha value is -1.89. The Balaban J connectivity index is 2.15. The van der Waals surface area contributed by atoms with Crippen molar-refractivity contribution in [2.75, 3.05) is 18.1 Å². The standard InChI is InChI=1S/C14H18N2O4S/c1-9-3-5-11(21(2,19)20)7-12(9)16-14(18)10-4-6-13(17)15-8-10/h3,5,7,10H,4,6,8H2,1-2H3,(H,15,17)(H,16,18). The number of hydrogen-bond donors (Lipinski definition) is 2. The van der Waals surface area contributed by atoms with Crippen molar-refractivity contribution in [1.82, 2.24) is 5.32 Å². The number of aryl methyl sites for hydroxylation is 1. The van der Waals surface area contributed by atoms with Gasteiger partial charge in [-0.05, 0) is 31.0 Å². The van der Waals surface area contributed by atoms with Crippen molar-refractivity contribution < 1.29 is 18.0 Å². The van der Waals surface area contributed by atoms with Crippen LogP contribution in [0.4, 0.5) is 5.69 Å². The summed E-state index contributed by atoms with van der Waals surface area (Å²) in [5, 5.41) is 5.41. The minimum absolute atomic E-state index is 0.0469. The predicted molar refractivity (Wildman–Crippen MR) is 78.7 cm³/mol. The summed E-state index contributed by atoms with van der Waals surface area (Å²) < 4.78 is 23.1. The maximum Gasteiger partial charge on any atom is 0.229 e. The van der Waals surface area contributed by atoms with E-state index in [2.05, 4.69) is 10.6 Å². The lowest BCUT2D eigenvalue weighted by molar-refractivity contribution is -0.126.